The average molecular weight is 480 g/mol. The molecule has 0 radical (unpaired) electrons. The van der Waals surface area contributed by atoms with E-state index < -0.39 is 10.0 Å². The molecule has 0 spiro atoms. The van der Waals surface area contributed by atoms with E-state index in [4.69, 9.17) is 4.74 Å². The first-order chi connectivity index (χ1) is 15.4. The van der Waals surface area contributed by atoms with Crippen molar-refractivity contribution in [3.8, 4) is 0 Å². The number of carbonyl (C=O) groups excluding carboxylic acids is 1. The van der Waals surface area contributed by atoms with Crippen LogP contribution in [0.1, 0.15) is 44.0 Å². The van der Waals surface area contributed by atoms with Crippen molar-refractivity contribution in [3.63, 3.8) is 0 Å². The Morgan fingerprint density at radius 3 is 2.50 bits per heavy atom. The summed E-state index contributed by atoms with van der Waals surface area (Å²) in [5.41, 5.74) is 0.557. The third-order valence-corrected chi connectivity index (χ3v) is 8.71. The molecule has 1 amide bonds. The highest BCUT2D eigenvalue weighted by atomic mass is 32.2. The molecule has 2 aromatic rings. The highest BCUT2D eigenvalue weighted by Crippen LogP contribution is 2.32. The van der Waals surface area contributed by atoms with Crippen LogP contribution in [0, 0.1) is 6.92 Å². The number of amides is 1. The molecular formula is C21H29N5O4S2. The number of benzene rings is 1. The normalized spacial score (nSPS) is 18.5. The van der Waals surface area contributed by atoms with E-state index in [-0.39, 0.29) is 16.6 Å². The Kier molecular flexibility index (Phi) is 7.49. The van der Waals surface area contributed by atoms with Crippen molar-refractivity contribution < 1.29 is 17.9 Å². The molecule has 1 aliphatic carbocycles. The number of hydrogen-bond acceptors (Lipinski definition) is 7. The Morgan fingerprint density at radius 1 is 1.12 bits per heavy atom. The number of aromatic nitrogens is 3. The highest BCUT2D eigenvalue weighted by molar-refractivity contribution is 7.99. The lowest BCUT2D eigenvalue weighted by Gasteiger charge is -2.26. The number of morpholine rings is 1. The second kappa shape index (κ2) is 10.3. The van der Waals surface area contributed by atoms with Gasteiger partial charge in [0.2, 0.25) is 15.9 Å². The number of nitrogens with zero attached hydrogens (tertiary/aromatic N) is 4. The van der Waals surface area contributed by atoms with E-state index in [2.05, 4.69) is 20.1 Å². The predicted octanol–water partition coefficient (Wildman–Crippen LogP) is 2.84. The Bertz CT molecular complexity index is 1030. The van der Waals surface area contributed by atoms with E-state index in [0.717, 1.165) is 23.8 Å². The summed E-state index contributed by atoms with van der Waals surface area (Å²) in [5.74, 6) is 0.921. The minimum atomic E-state index is -3.55. The zero-order valence-electron chi connectivity index (χ0n) is 18.2. The van der Waals surface area contributed by atoms with E-state index in [1.807, 2.05) is 6.92 Å². The maximum Gasteiger partial charge on any atom is 0.243 e. The van der Waals surface area contributed by atoms with Crippen LogP contribution in [0.15, 0.2) is 34.3 Å². The summed E-state index contributed by atoms with van der Waals surface area (Å²) in [4.78, 5) is 12.7. The maximum absolute atomic E-state index is 12.7. The molecule has 0 unspecified atom stereocenters. The smallest absolute Gasteiger partial charge is 0.243 e. The van der Waals surface area contributed by atoms with Crippen LogP contribution < -0.4 is 5.32 Å². The molecule has 174 valence electrons. The zero-order valence-corrected chi connectivity index (χ0v) is 19.8. The van der Waals surface area contributed by atoms with Gasteiger partial charge in [0.15, 0.2) is 5.16 Å². The monoisotopic (exact) mass is 479 g/mol. The lowest BCUT2D eigenvalue weighted by atomic mass is 9.95. The molecule has 1 aromatic carbocycles. The molecule has 32 heavy (non-hydrogen) atoms. The summed E-state index contributed by atoms with van der Waals surface area (Å²) in [6.45, 7) is 3.46. The molecule has 1 aliphatic heterocycles. The fourth-order valence-electron chi connectivity index (χ4n) is 4.18. The quantitative estimate of drug-likeness (QED) is 0.609. The molecule has 11 heteroatoms. The molecule has 1 saturated carbocycles. The number of hydrogen-bond donors (Lipinski definition) is 1. The molecule has 2 fully saturated rings. The molecule has 2 aliphatic rings. The largest absolute Gasteiger partial charge is 0.379 e. The van der Waals surface area contributed by atoms with Crippen LogP contribution in [0.25, 0.3) is 0 Å². The van der Waals surface area contributed by atoms with Gasteiger partial charge in [-0.15, -0.1) is 10.2 Å². The number of aryl methyl sites for hydroxylation is 1. The summed E-state index contributed by atoms with van der Waals surface area (Å²) in [5, 5.41) is 12.1. The molecule has 0 bridgehead atoms. The molecule has 9 nitrogen and oxygen atoms in total. The fraction of sp³-hybridized carbons (Fsp3) is 0.571. The lowest BCUT2D eigenvalue weighted by molar-refractivity contribution is -0.113. The van der Waals surface area contributed by atoms with Crippen molar-refractivity contribution in [2.45, 2.75) is 55.1 Å². The Balaban J connectivity index is 1.34. The van der Waals surface area contributed by atoms with Crippen LogP contribution in [0.5, 0.6) is 0 Å². The van der Waals surface area contributed by atoms with Crippen LogP contribution in [-0.2, 0) is 19.6 Å². The van der Waals surface area contributed by atoms with Gasteiger partial charge in [0.05, 0.1) is 23.9 Å². The van der Waals surface area contributed by atoms with Crippen molar-refractivity contribution in [3.05, 3.63) is 30.1 Å². The van der Waals surface area contributed by atoms with Gasteiger partial charge < -0.3 is 14.6 Å². The Morgan fingerprint density at radius 2 is 1.81 bits per heavy atom. The van der Waals surface area contributed by atoms with Gasteiger partial charge in [-0.25, -0.2) is 8.42 Å². The van der Waals surface area contributed by atoms with Gasteiger partial charge in [0.1, 0.15) is 5.82 Å². The van der Waals surface area contributed by atoms with E-state index in [9.17, 15) is 13.2 Å². The van der Waals surface area contributed by atoms with E-state index in [0.29, 0.717) is 38.0 Å². The molecular weight excluding hydrogens is 450 g/mol. The second-order valence-corrected chi connectivity index (χ2v) is 10.9. The van der Waals surface area contributed by atoms with Crippen LogP contribution in [0.4, 0.5) is 5.69 Å². The van der Waals surface area contributed by atoms with Gasteiger partial charge in [-0.05, 0) is 44.0 Å². The van der Waals surface area contributed by atoms with Gasteiger partial charge in [0, 0.05) is 24.8 Å². The summed E-state index contributed by atoms with van der Waals surface area (Å²) in [6.07, 6.45) is 5.94. The number of carbonyl (C=O) groups is 1. The third-order valence-electron chi connectivity index (χ3n) is 5.85. The van der Waals surface area contributed by atoms with Crippen LogP contribution in [0.2, 0.25) is 0 Å². The minimum Gasteiger partial charge on any atom is -0.379 e. The molecule has 0 atom stereocenters. The fourth-order valence-corrected chi connectivity index (χ4v) is 6.44. The Hall–Kier alpha value is -1.95. The van der Waals surface area contributed by atoms with Gasteiger partial charge in [-0.1, -0.05) is 31.0 Å². The van der Waals surface area contributed by atoms with E-state index in [1.165, 1.54) is 47.5 Å². The summed E-state index contributed by atoms with van der Waals surface area (Å²) < 4.78 is 34.2. The van der Waals surface area contributed by atoms with Gasteiger partial charge >= 0.3 is 0 Å². The third kappa shape index (κ3) is 5.33. The molecule has 1 N–H and O–H groups in total. The number of sulfonamides is 1. The highest BCUT2D eigenvalue weighted by Gasteiger charge is 2.26. The van der Waals surface area contributed by atoms with Crippen molar-refractivity contribution in [1.82, 2.24) is 19.1 Å². The lowest BCUT2D eigenvalue weighted by Crippen LogP contribution is -2.40. The molecule has 1 saturated heterocycles. The number of thioether (sulfide) groups is 1. The van der Waals surface area contributed by atoms with Crippen molar-refractivity contribution in [2.24, 2.45) is 0 Å². The topological polar surface area (TPSA) is 106 Å². The zero-order chi connectivity index (χ0) is 22.6. The minimum absolute atomic E-state index is 0.172. The first kappa shape index (κ1) is 23.2. The van der Waals surface area contributed by atoms with Crippen LogP contribution >= 0.6 is 11.8 Å². The van der Waals surface area contributed by atoms with Crippen LogP contribution in [0.3, 0.4) is 0 Å². The van der Waals surface area contributed by atoms with Gasteiger partial charge in [-0.2, -0.15) is 4.31 Å². The van der Waals surface area contributed by atoms with Crippen molar-refractivity contribution in [2.75, 3.05) is 37.4 Å². The van der Waals surface area contributed by atoms with Crippen LogP contribution in [-0.4, -0.2) is 65.5 Å². The first-order valence-corrected chi connectivity index (χ1v) is 13.4. The summed E-state index contributed by atoms with van der Waals surface area (Å²) >= 11 is 1.38. The van der Waals surface area contributed by atoms with Gasteiger partial charge in [0.25, 0.3) is 0 Å². The average Bonchev–Trinajstić information content (AvgIpc) is 3.19. The molecule has 1 aromatic heterocycles. The molecule has 2 heterocycles. The summed E-state index contributed by atoms with van der Waals surface area (Å²) in [7, 11) is -3.55. The van der Waals surface area contributed by atoms with E-state index in [1.54, 1.807) is 12.1 Å². The van der Waals surface area contributed by atoms with Gasteiger partial charge in [-0.3, -0.25) is 4.79 Å². The van der Waals surface area contributed by atoms with Crippen molar-refractivity contribution >= 4 is 33.4 Å². The van der Waals surface area contributed by atoms with E-state index >= 15 is 0 Å². The summed E-state index contributed by atoms with van der Waals surface area (Å²) in [6, 6.07) is 6.69. The number of ether oxygens (including phenoxy) is 1. The second-order valence-electron chi connectivity index (χ2n) is 8.07. The first-order valence-electron chi connectivity index (χ1n) is 11.0. The van der Waals surface area contributed by atoms with Crippen molar-refractivity contribution in [1.29, 1.82) is 0 Å². The standard InChI is InChI=1S/C21H29N5O4S2/c1-16-23-24-21(26(16)18-5-3-2-4-6-18)31-15-20(27)22-17-7-9-19(10-8-17)32(28,29)25-11-13-30-14-12-25/h7-10,18H,2-6,11-15H2,1H3,(H,22,27). The Labute approximate surface area is 193 Å². The number of rotatable bonds is 7. The maximum atomic E-state index is 12.7. The molecule has 4 rings (SSSR count). The number of anilines is 1. The predicted molar refractivity (Wildman–Crippen MR) is 122 cm³/mol. The number of nitrogens with one attached hydrogen (secondary N) is 1. The SMILES string of the molecule is Cc1nnc(SCC(=O)Nc2ccc(S(=O)(=O)N3CCOCC3)cc2)n1C1CCCCC1.